The molecule has 6 fully saturated rings. The summed E-state index contributed by atoms with van der Waals surface area (Å²) >= 11 is 0. The van der Waals surface area contributed by atoms with E-state index in [-0.39, 0.29) is 47.8 Å². The standard InChI is InChI=1S/C50H48N8O6/c1-23(2)38(55-49(61)63-3)47(59)58-43-35-36(43)37(35)44(58)46-52-34-19-14-28-21-26(12-17-32(28)41(34)54-46)25-11-16-31-27(20-25)13-18-33-40(31)53-45(51-33)42-29-10-15-30(22-29)57(42)48(60)39(56-50(62)64-4)24-8-6-5-7-9-24/h5-9,11-14,16-21,23,29-30,35-39,42-44H,10,15,22H2,1-4H3,(H,51,53)(H,52,54)(H,55,61)(H,56,62)/t29-,30+,35+,36?,37?,38-,39+,42-,43-,44-/m0/s1. The van der Waals surface area contributed by atoms with Crippen molar-refractivity contribution in [2.75, 3.05) is 14.2 Å². The Balaban J connectivity index is 0.829. The van der Waals surface area contributed by atoms with Gasteiger partial charge in [0, 0.05) is 22.9 Å². The van der Waals surface area contributed by atoms with Gasteiger partial charge in [0.05, 0.1) is 48.4 Å². The third-order valence-electron chi connectivity index (χ3n) is 15.0. The molecular weight excluding hydrogens is 809 g/mol. The van der Waals surface area contributed by atoms with E-state index in [1.54, 1.807) is 0 Å². The van der Waals surface area contributed by atoms with Crippen LogP contribution in [-0.2, 0) is 19.1 Å². The van der Waals surface area contributed by atoms with Gasteiger partial charge in [-0.05, 0) is 101 Å². The number of nitrogens with zero attached hydrogens (tertiary/aromatic N) is 4. The number of piperidine rings is 2. The van der Waals surface area contributed by atoms with Crippen LogP contribution in [0, 0.1) is 29.6 Å². The summed E-state index contributed by atoms with van der Waals surface area (Å²) in [5.74, 6) is 2.91. The van der Waals surface area contributed by atoms with E-state index >= 15 is 0 Å². The van der Waals surface area contributed by atoms with Crippen molar-refractivity contribution in [3.63, 3.8) is 0 Å². The van der Waals surface area contributed by atoms with Gasteiger partial charge in [-0.2, -0.15) is 0 Å². The molecule has 5 heterocycles. The van der Waals surface area contributed by atoms with Gasteiger partial charge < -0.3 is 39.9 Å². The number of methoxy groups -OCH3 is 2. The lowest BCUT2D eigenvalue weighted by Crippen LogP contribution is -2.51. The van der Waals surface area contributed by atoms with Crippen molar-refractivity contribution >= 4 is 67.6 Å². The van der Waals surface area contributed by atoms with E-state index in [1.165, 1.54) is 14.2 Å². The van der Waals surface area contributed by atoms with Crippen molar-refractivity contribution in [3.05, 3.63) is 108 Å². The largest absolute Gasteiger partial charge is 0.453 e. The Morgan fingerprint density at radius 1 is 0.672 bits per heavy atom. The number of alkyl carbamates (subject to hydrolysis) is 2. The number of fused-ring (bicyclic) bond motifs is 9. The maximum atomic E-state index is 14.5. The maximum Gasteiger partial charge on any atom is 0.407 e. The van der Waals surface area contributed by atoms with Gasteiger partial charge in [-0.15, -0.1) is 0 Å². The molecule has 6 aliphatic rings. The van der Waals surface area contributed by atoms with Crippen LogP contribution >= 0.6 is 0 Å². The molecule has 2 unspecified atom stereocenters. The number of likely N-dealkylation sites (tertiary alicyclic amines) is 1. The summed E-state index contributed by atoms with van der Waals surface area (Å²) in [6.07, 6.45) is 1.57. The average Bonchev–Trinajstić information content (AvgIpc) is 3.74. The molecule has 4 N–H and O–H groups in total. The Kier molecular flexibility index (Phi) is 8.63. The van der Waals surface area contributed by atoms with Gasteiger partial charge in [0.25, 0.3) is 5.91 Å². The molecule has 14 nitrogen and oxygen atoms in total. The monoisotopic (exact) mass is 856 g/mol. The molecule has 3 saturated carbocycles. The summed E-state index contributed by atoms with van der Waals surface area (Å²) in [4.78, 5) is 74.6. The fraction of sp³-hybridized carbons (Fsp3) is 0.360. The molecule has 0 spiro atoms. The fourth-order valence-electron chi connectivity index (χ4n) is 11.9. The highest BCUT2D eigenvalue weighted by Gasteiger charge is 2.86. The molecule has 3 aliphatic heterocycles. The number of carbonyl (C=O) groups is 4. The van der Waals surface area contributed by atoms with E-state index in [9.17, 15) is 19.2 Å². The zero-order chi connectivity index (χ0) is 43.7. The van der Waals surface area contributed by atoms with Gasteiger partial charge in [-0.25, -0.2) is 19.6 Å². The van der Waals surface area contributed by atoms with Crippen molar-refractivity contribution < 1.29 is 28.7 Å². The molecule has 14 heteroatoms. The Hall–Kier alpha value is -6.96. The van der Waals surface area contributed by atoms with E-state index in [2.05, 4.69) is 69.1 Å². The van der Waals surface area contributed by atoms with Gasteiger partial charge >= 0.3 is 12.2 Å². The average molecular weight is 857 g/mol. The van der Waals surface area contributed by atoms with Gasteiger partial charge in [-0.3, -0.25) is 9.59 Å². The summed E-state index contributed by atoms with van der Waals surface area (Å²) in [6, 6.07) is 28.9. The van der Waals surface area contributed by atoms with E-state index in [4.69, 9.17) is 19.4 Å². The summed E-state index contributed by atoms with van der Waals surface area (Å²) < 4.78 is 9.77. The maximum absolute atomic E-state index is 14.5. The SMILES string of the molecule is COC(=O)N[C@H](C(=O)N1[C@H](c2nc3ccc4cc(-c5ccc6c(ccc7nc([C@@H]8[C@H]9CC[C@H](C9)N8C(=O)[C@H](NC(=O)OC)c8ccccc8)[nH]c76)c5)ccc4c3[nH]2)C2C3[C@H]2[C@@H]31)C(C)C. The lowest BCUT2D eigenvalue weighted by atomic mass is 9.96. The molecule has 2 aromatic heterocycles. The minimum atomic E-state index is -0.884. The van der Waals surface area contributed by atoms with Gasteiger partial charge in [0.1, 0.15) is 23.7 Å². The first-order valence-electron chi connectivity index (χ1n) is 22.3. The van der Waals surface area contributed by atoms with Crippen molar-refractivity contribution in [1.82, 2.24) is 40.4 Å². The molecule has 324 valence electrons. The first kappa shape index (κ1) is 38.7. The third kappa shape index (κ3) is 5.83. The normalized spacial score (nSPS) is 25.8. The van der Waals surface area contributed by atoms with E-state index in [0.29, 0.717) is 23.3 Å². The summed E-state index contributed by atoms with van der Waals surface area (Å²) in [5, 5.41) is 9.81. The number of carbonyl (C=O) groups excluding carboxylic acids is 4. The lowest BCUT2D eigenvalue weighted by Gasteiger charge is -2.36. The summed E-state index contributed by atoms with van der Waals surface area (Å²) in [5.41, 5.74) is 6.43. The zero-order valence-electron chi connectivity index (χ0n) is 35.9. The third-order valence-corrected chi connectivity index (χ3v) is 15.0. The summed E-state index contributed by atoms with van der Waals surface area (Å²) in [7, 11) is 2.61. The number of H-pyrrole nitrogens is 2. The van der Waals surface area contributed by atoms with Crippen molar-refractivity contribution in [2.24, 2.45) is 29.6 Å². The first-order chi connectivity index (χ1) is 31.1. The molecular formula is C50H48N8O6. The number of benzene rings is 5. The zero-order valence-corrected chi connectivity index (χ0v) is 35.9. The van der Waals surface area contributed by atoms with Gasteiger partial charge in [0.2, 0.25) is 5.91 Å². The van der Waals surface area contributed by atoms with Crippen LogP contribution in [0.25, 0.3) is 54.7 Å². The minimum Gasteiger partial charge on any atom is -0.453 e. The van der Waals surface area contributed by atoms with E-state index < -0.39 is 24.3 Å². The molecule has 3 aliphatic carbocycles. The van der Waals surface area contributed by atoms with E-state index in [1.807, 2.05) is 66.1 Å². The molecule has 4 amide bonds. The Morgan fingerprint density at radius 2 is 1.27 bits per heavy atom. The second kappa shape index (κ2) is 14.3. The minimum absolute atomic E-state index is 0.0645. The molecule has 10 atom stereocenters. The predicted octanol–water partition coefficient (Wildman–Crippen LogP) is 8.07. The number of rotatable bonds is 9. The topological polar surface area (TPSA) is 175 Å². The van der Waals surface area contributed by atoms with Crippen molar-refractivity contribution in [3.8, 4) is 11.1 Å². The van der Waals surface area contributed by atoms with Crippen molar-refractivity contribution in [1.29, 1.82) is 0 Å². The van der Waals surface area contributed by atoms with Crippen LogP contribution in [0.15, 0.2) is 91.0 Å². The Labute approximate surface area is 368 Å². The number of imidazole rings is 2. The number of ether oxygens (including phenoxy) is 2. The number of nitrogens with one attached hydrogen (secondary N) is 4. The molecule has 7 aromatic rings. The highest BCUT2D eigenvalue weighted by atomic mass is 16.5. The van der Waals surface area contributed by atoms with Crippen LogP contribution < -0.4 is 10.6 Å². The number of aromatic amines is 2. The number of hydrogen-bond donors (Lipinski definition) is 4. The van der Waals surface area contributed by atoms with Crippen LogP contribution in [0.1, 0.15) is 68.4 Å². The van der Waals surface area contributed by atoms with Crippen LogP contribution in [0.5, 0.6) is 0 Å². The second-order valence-corrected chi connectivity index (χ2v) is 18.7. The molecule has 4 bridgehead atoms. The molecule has 3 saturated heterocycles. The smallest absolute Gasteiger partial charge is 0.407 e. The van der Waals surface area contributed by atoms with E-state index in [0.717, 1.165) is 85.6 Å². The Bertz CT molecular complexity index is 3080. The first-order valence-corrected chi connectivity index (χ1v) is 22.3. The van der Waals surface area contributed by atoms with Crippen LogP contribution in [-0.4, -0.2) is 86.1 Å². The van der Waals surface area contributed by atoms with Gasteiger partial charge in [-0.1, -0.05) is 80.6 Å². The van der Waals surface area contributed by atoms with Crippen molar-refractivity contribution in [2.45, 2.75) is 69.4 Å². The highest BCUT2D eigenvalue weighted by molar-refractivity contribution is 6.07. The Morgan fingerprint density at radius 3 is 1.86 bits per heavy atom. The molecule has 5 aromatic carbocycles. The van der Waals surface area contributed by atoms with Gasteiger partial charge in [0.15, 0.2) is 0 Å². The highest BCUT2D eigenvalue weighted by Crippen LogP contribution is 2.81. The lowest BCUT2D eigenvalue weighted by molar-refractivity contribution is -0.138. The fourth-order valence-corrected chi connectivity index (χ4v) is 11.9. The quantitative estimate of drug-likeness (QED) is 0.113. The second-order valence-electron chi connectivity index (χ2n) is 18.7. The van der Waals surface area contributed by atoms with Crippen LogP contribution in [0.2, 0.25) is 0 Å². The molecule has 0 radical (unpaired) electrons. The van der Waals surface area contributed by atoms with Crippen LogP contribution in [0.3, 0.4) is 0 Å². The number of hydrogen-bond acceptors (Lipinski definition) is 8. The molecule has 64 heavy (non-hydrogen) atoms. The number of aromatic nitrogens is 4. The summed E-state index contributed by atoms with van der Waals surface area (Å²) in [6.45, 7) is 3.87. The van der Waals surface area contributed by atoms with Crippen LogP contribution in [0.4, 0.5) is 9.59 Å². The molecule has 13 rings (SSSR count). The predicted molar refractivity (Wildman–Crippen MR) is 240 cm³/mol. The number of amides is 4.